The quantitative estimate of drug-likeness (QED) is 0.668. The number of hydrogen-bond donors (Lipinski definition) is 0. The first kappa shape index (κ1) is 18.5. The first-order valence-corrected chi connectivity index (χ1v) is 10.4. The van der Waals surface area contributed by atoms with Crippen molar-refractivity contribution in [1.82, 2.24) is 14.9 Å². The van der Waals surface area contributed by atoms with Crippen LogP contribution in [0.2, 0.25) is 0 Å². The largest absolute Gasteiger partial charge is 0.376 e. The van der Waals surface area contributed by atoms with Gasteiger partial charge in [-0.1, -0.05) is 60.2 Å². The minimum atomic E-state index is -0.0322. The van der Waals surface area contributed by atoms with Crippen LogP contribution < -0.4 is 0 Å². The highest BCUT2D eigenvalue weighted by molar-refractivity contribution is 5.56. The van der Waals surface area contributed by atoms with Crippen LogP contribution in [0.3, 0.4) is 0 Å². The molecule has 1 unspecified atom stereocenters. The second-order valence-electron chi connectivity index (χ2n) is 8.55. The van der Waals surface area contributed by atoms with Crippen LogP contribution >= 0.6 is 0 Å². The summed E-state index contributed by atoms with van der Waals surface area (Å²) in [5.74, 6) is 0.833. The summed E-state index contributed by atoms with van der Waals surface area (Å²) in [6.07, 6.45) is 1.08. The van der Waals surface area contributed by atoms with Crippen molar-refractivity contribution in [2.24, 2.45) is 0 Å². The predicted molar refractivity (Wildman–Crippen MR) is 115 cm³/mol. The maximum Gasteiger partial charge on any atom is 0.159 e. The molecule has 3 aromatic rings. The molecule has 5 rings (SSSR count). The number of aryl methyl sites for hydroxylation is 2. The Balaban J connectivity index is 1.47. The summed E-state index contributed by atoms with van der Waals surface area (Å²) < 4.78 is 6.07. The average Bonchev–Trinajstić information content (AvgIpc) is 3.14. The monoisotopic (exact) mass is 385 g/mol. The summed E-state index contributed by atoms with van der Waals surface area (Å²) in [6.45, 7) is 8.63. The number of likely N-dealkylation sites (tertiary alicyclic amines) is 1. The number of aromatic nitrogens is 2. The molecule has 1 aromatic heterocycles. The van der Waals surface area contributed by atoms with Crippen molar-refractivity contribution in [3.05, 3.63) is 82.7 Å². The Morgan fingerprint density at radius 3 is 2.59 bits per heavy atom. The molecule has 3 heterocycles. The first-order valence-electron chi connectivity index (χ1n) is 10.4. The van der Waals surface area contributed by atoms with Crippen molar-refractivity contribution in [3.8, 4) is 11.4 Å². The summed E-state index contributed by atoms with van der Waals surface area (Å²) in [4.78, 5) is 12.5. The van der Waals surface area contributed by atoms with E-state index in [1.54, 1.807) is 0 Å². The number of nitrogens with zero attached hydrogens (tertiary/aromatic N) is 3. The van der Waals surface area contributed by atoms with Gasteiger partial charge < -0.3 is 4.74 Å². The fourth-order valence-electron chi connectivity index (χ4n) is 4.70. The normalized spacial score (nSPS) is 21.4. The molecule has 1 atom stereocenters. The summed E-state index contributed by atoms with van der Waals surface area (Å²) in [7, 11) is 0. The third-order valence-corrected chi connectivity index (χ3v) is 6.33. The lowest BCUT2D eigenvalue weighted by Crippen LogP contribution is -2.41. The molecule has 1 spiro atoms. The lowest BCUT2D eigenvalue weighted by atomic mass is 9.80. The van der Waals surface area contributed by atoms with Gasteiger partial charge in [-0.3, -0.25) is 4.90 Å². The summed E-state index contributed by atoms with van der Waals surface area (Å²) in [5, 5.41) is 0. The fraction of sp³-hybridized carbons (Fsp3) is 0.360. The van der Waals surface area contributed by atoms with Crippen LogP contribution in [0, 0.1) is 13.8 Å². The Labute approximate surface area is 172 Å². The van der Waals surface area contributed by atoms with Crippen molar-refractivity contribution >= 4 is 0 Å². The molecule has 2 aliphatic rings. The molecule has 2 aliphatic heterocycles. The molecule has 0 bridgehead atoms. The smallest absolute Gasteiger partial charge is 0.159 e. The second kappa shape index (κ2) is 7.36. The molecule has 1 fully saturated rings. The molecule has 4 nitrogen and oxygen atoms in total. The molecule has 148 valence electrons. The van der Waals surface area contributed by atoms with Gasteiger partial charge in [-0.2, -0.15) is 0 Å². The van der Waals surface area contributed by atoms with E-state index < -0.39 is 0 Å². The minimum Gasteiger partial charge on any atom is -0.376 e. The fourth-order valence-corrected chi connectivity index (χ4v) is 4.70. The maximum absolute atomic E-state index is 6.07. The number of ether oxygens (including phenoxy) is 1. The van der Waals surface area contributed by atoms with E-state index in [9.17, 15) is 0 Å². The Kier molecular flexibility index (Phi) is 4.69. The van der Waals surface area contributed by atoms with Gasteiger partial charge in [-0.25, -0.2) is 9.97 Å². The van der Waals surface area contributed by atoms with E-state index in [1.165, 1.54) is 22.4 Å². The average molecular weight is 386 g/mol. The van der Waals surface area contributed by atoms with E-state index in [0.717, 1.165) is 49.7 Å². The highest BCUT2D eigenvalue weighted by Crippen LogP contribution is 2.41. The Morgan fingerprint density at radius 1 is 1.00 bits per heavy atom. The van der Waals surface area contributed by atoms with Crippen LogP contribution in [0.1, 0.15) is 34.5 Å². The van der Waals surface area contributed by atoms with Crippen LogP contribution in [-0.2, 0) is 23.3 Å². The maximum atomic E-state index is 6.07. The standard InChI is InChI=1S/C25H27N3O/c1-18-8-10-20(11-9-18)14-28-13-12-25(16-28)17-29-15-22-19(2)26-24(27-23(22)25)21-6-4-3-5-7-21/h3-11H,12-17H2,1-2H3. The first-order chi connectivity index (χ1) is 14.1. The summed E-state index contributed by atoms with van der Waals surface area (Å²) in [6, 6.07) is 19.2. The molecule has 0 saturated carbocycles. The Morgan fingerprint density at radius 2 is 1.79 bits per heavy atom. The predicted octanol–water partition coefficient (Wildman–Crippen LogP) is 4.43. The van der Waals surface area contributed by atoms with Crippen LogP contribution in [0.4, 0.5) is 0 Å². The molecule has 4 heteroatoms. The third kappa shape index (κ3) is 3.47. The molecule has 0 amide bonds. The van der Waals surface area contributed by atoms with Gasteiger partial charge in [-0.05, 0) is 32.4 Å². The van der Waals surface area contributed by atoms with E-state index in [1.807, 2.05) is 18.2 Å². The minimum absolute atomic E-state index is 0.0322. The highest BCUT2D eigenvalue weighted by Gasteiger charge is 2.45. The molecule has 0 N–H and O–H groups in total. The van der Waals surface area contributed by atoms with Gasteiger partial charge in [0.05, 0.1) is 24.3 Å². The molecule has 0 aliphatic carbocycles. The van der Waals surface area contributed by atoms with Gasteiger partial charge in [-0.15, -0.1) is 0 Å². The third-order valence-electron chi connectivity index (χ3n) is 6.33. The van der Waals surface area contributed by atoms with Crippen LogP contribution in [0.15, 0.2) is 54.6 Å². The Bertz CT molecular complexity index is 1020. The zero-order valence-corrected chi connectivity index (χ0v) is 17.2. The van der Waals surface area contributed by atoms with Crippen molar-refractivity contribution in [2.75, 3.05) is 19.7 Å². The van der Waals surface area contributed by atoms with E-state index in [4.69, 9.17) is 14.7 Å². The molecule has 29 heavy (non-hydrogen) atoms. The SMILES string of the molecule is Cc1ccc(CN2CCC3(COCc4c(C)nc(-c5ccccc5)nc43)C2)cc1. The van der Waals surface area contributed by atoms with Gasteiger partial charge in [0.15, 0.2) is 5.82 Å². The molecule has 0 radical (unpaired) electrons. The highest BCUT2D eigenvalue weighted by atomic mass is 16.5. The zero-order chi connectivity index (χ0) is 19.8. The molecular weight excluding hydrogens is 358 g/mol. The van der Waals surface area contributed by atoms with Gasteiger partial charge in [0.25, 0.3) is 0 Å². The summed E-state index contributed by atoms with van der Waals surface area (Å²) in [5.41, 5.74) is 7.17. The van der Waals surface area contributed by atoms with Crippen molar-refractivity contribution < 1.29 is 4.74 Å². The van der Waals surface area contributed by atoms with E-state index in [2.05, 4.69) is 55.1 Å². The van der Waals surface area contributed by atoms with Crippen molar-refractivity contribution in [1.29, 1.82) is 0 Å². The van der Waals surface area contributed by atoms with Crippen LogP contribution in [-0.4, -0.2) is 34.6 Å². The number of benzene rings is 2. The second-order valence-corrected chi connectivity index (χ2v) is 8.55. The van der Waals surface area contributed by atoms with E-state index in [-0.39, 0.29) is 5.41 Å². The van der Waals surface area contributed by atoms with Crippen LogP contribution in [0.25, 0.3) is 11.4 Å². The molecule has 1 saturated heterocycles. The van der Waals surface area contributed by atoms with Crippen molar-refractivity contribution in [3.63, 3.8) is 0 Å². The van der Waals surface area contributed by atoms with Gasteiger partial charge >= 0.3 is 0 Å². The van der Waals surface area contributed by atoms with Gasteiger partial charge in [0, 0.05) is 29.9 Å². The summed E-state index contributed by atoms with van der Waals surface area (Å²) >= 11 is 0. The zero-order valence-electron chi connectivity index (χ0n) is 17.2. The van der Waals surface area contributed by atoms with Crippen molar-refractivity contribution in [2.45, 2.75) is 38.8 Å². The van der Waals surface area contributed by atoms with Gasteiger partial charge in [0.2, 0.25) is 0 Å². The van der Waals surface area contributed by atoms with Crippen LogP contribution in [0.5, 0.6) is 0 Å². The van der Waals surface area contributed by atoms with E-state index >= 15 is 0 Å². The number of fused-ring (bicyclic) bond motifs is 2. The topological polar surface area (TPSA) is 38.2 Å². The molecular formula is C25H27N3O. The molecule has 2 aromatic carbocycles. The number of rotatable bonds is 3. The van der Waals surface area contributed by atoms with Gasteiger partial charge in [0.1, 0.15) is 0 Å². The van der Waals surface area contributed by atoms with E-state index in [0.29, 0.717) is 6.61 Å². The lowest BCUT2D eigenvalue weighted by Gasteiger charge is -2.35. The lowest BCUT2D eigenvalue weighted by molar-refractivity contribution is 0.0498. The Hall–Kier alpha value is -2.56. The number of hydrogen-bond acceptors (Lipinski definition) is 4.